The second-order valence-electron chi connectivity index (χ2n) is 6.93. The lowest BCUT2D eigenvalue weighted by molar-refractivity contribution is -0.141. The molecule has 1 N–H and O–H groups in total. The SMILES string of the molecule is C=CC1CCCCN1S(=O)(=O)c1ccc(NC(=O)c2cc(C(F)(F)F)nn2C)cc1. The van der Waals surface area contributed by atoms with Gasteiger partial charge in [0.15, 0.2) is 5.69 Å². The predicted octanol–water partition coefficient (Wildman–Crippen LogP) is 3.42. The highest BCUT2D eigenvalue weighted by Gasteiger charge is 2.35. The molecule has 1 fully saturated rings. The molecule has 3 rings (SSSR count). The van der Waals surface area contributed by atoms with E-state index in [1.165, 1.54) is 35.6 Å². The van der Waals surface area contributed by atoms with Crippen molar-refractivity contribution in [2.75, 3.05) is 11.9 Å². The third kappa shape index (κ3) is 4.41. The molecule has 0 aliphatic carbocycles. The van der Waals surface area contributed by atoms with E-state index in [2.05, 4.69) is 17.0 Å². The number of benzene rings is 1. The molecule has 11 heteroatoms. The van der Waals surface area contributed by atoms with E-state index in [0.717, 1.165) is 17.5 Å². The van der Waals surface area contributed by atoms with Crippen LogP contribution in [-0.4, -0.2) is 41.0 Å². The molecule has 1 unspecified atom stereocenters. The monoisotopic (exact) mass is 442 g/mol. The van der Waals surface area contributed by atoms with Crippen LogP contribution in [0, 0.1) is 0 Å². The van der Waals surface area contributed by atoms with Gasteiger partial charge in [0.05, 0.1) is 4.90 Å². The lowest BCUT2D eigenvalue weighted by Gasteiger charge is -2.32. The molecule has 7 nitrogen and oxygen atoms in total. The number of nitrogens with one attached hydrogen (secondary N) is 1. The number of hydrogen-bond donors (Lipinski definition) is 1. The fourth-order valence-corrected chi connectivity index (χ4v) is 4.99. The molecule has 0 bridgehead atoms. The Bertz CT molecular complexity index is 1050. The maximum Gasteiger partial charge on any atom is 0.435 e. The minimum atomic E-state index is -4.66. The maximum atomic E-state index is 12.9. The molecule has 30 heavy (non-hydrogen) atoms. The normalized spacial score (nSPS) is 18.2. The van der Waals surface area contributed by atoms with Crippen LogP contribution in [-0.2, 0) is 23.2 Å². The summed E-state index contributed by atoms with van der Waals surface area (Å²) in [5, 5.41) is 5.75. The van der Waals surface area contributed by atoms with Gasteiger partial charge in [-0.15, -0.1) is 6.58 Å². The van der Waals surface area contributed by atoms with Crippen LogP contribution in [0.15, 0.2) is 47.9 Å². The van der Waals surface area contributed by atoms with E-state index in [1.807, 2.05) is 0 Å². The van der Waals surface area contributed by atoms with Gasteiger partial charge < -0.3 is 5.32 Å². The summed E-state index contributed by atoms with van der Waals surface area (Å²) < 4.78 is 66.4. The first-order valence-corrected chi connectivity index (χ1v) is 10.6. The first-order valence-electron chi connectivity index (χ1n) is 9.21. The molecular weight excluding hydrogens is 421 g/mol. The van der Waals surface area contributed by atoms with Crippen LogP contribution >= 0.6 is 0 Å². The van der Waals surface area contributed by atoms with Gasteiger partial charge in [0.2, 0.25) is 10.0 Å². The largest absolute Gasteiger partial charge is 0.435 e. The molecule has 1 aromatic carbocycles. The van der Waals surface area contributed by atoms with Crippen molar-refractivity contribution in [2.45, 2.75) is 36.4 Å². The molecule has 1 saturated heterocycles. The first-order chi connectivity index (χ1) is 14.0. The maximum absolute atomic E-state index is 12.9. The standard InChI is InChI=1S/C19H21F3N4O3S/c1-3-14-6-4-5-11-26(14)30(28,29)15-9-7-13(8-10-15)23-18(27)16-12-17(19(20,21)22)24-25(16)2/h3,7-10,12,14H,1,4-6,11H2,2H3,(H,23,27). The molecular formula is C19H21F3N4O3S. The number of nitrogens with zero attached hydrogens (tertiary/aromatic N) is 3. The zero-order chi connectivity index (χ0) is 22.1. The Morgan fingerprint density at radius 2 is 1.93 bits per heavy atom. The minimum Gasteiger partial charge on any atom is -0.321 e. The predicted molar refractivity (Wildman–Crippen MR) is 104 cm³/mol. The molecule has 2 heterocycles. The number of piperidine rings is 1. The molecule has 1 amide bonds. The molecule has 1 aliphatic heterocycles. The lowest BCUT2D eigenvalue weighted by Crippen LogP contribution is -2.42. The number of carbonyl (C=O) groups is 1. The van der Waals surface area contributed by atoms with Crippen LogP contribution in [0.25, 0.3) is 0 Å². The second kappa shape index (κ2) is 8.23. The molecule has 0 radical (unpaired) electrons. The summed E-state index contributed by atoms with van der Waals surface area (Å²) in [6.45, 7) is 4.11. The van der Waals surface area contributed by atoms with Crippen molar-refractivity contribution >= 4 is 21.6 Å². The van der Waals surface area contributed by atoms with Gasteiger partial charge in [-0.05, 0) is 37.1 Å². The molecule has 0 saturated carbocycles. The Labute approximate surface area is 172 Å². The van der Waals surface area contributed by atoms with Crippen molar-refractivity contribution in [3.63, 3.8) is 0 Å². The van der Waals surface area contributed by atoms with Gasteiger partial charge in [-0.3, -0.25) is 9.48 Å². The molecule has 2 aromatic rings. The third-order valence-corrected chi connectivity index (χ3v) is 6.83. The fraction of sp³-hybridized carbons (Fsp3) is 0.368. The summed E-state index contributed by atoms with van der Waals surface area (Å²) in [5.41, 5.74) is -1.20. The highest BCUT2D eigenvalue weighted by atomic mass is 32.2. The van der Waals surface area contributed by atoms with E-state index in [9.17, 15) is 26.4 Å². The van der Waals surface area contributed by atoms with Gasteiger partial charge in [0.25, 0.3) is 5.91 Å². The molecule has 1 aromatic heterocycles. The second-order valence-corrected chi connectivity index (χ2v) is 8.82. The topological polar surface area (TPSA) is 84.3 Å². The molecule has 0 spiro atoms. The Morgan fingerprint density at radius 1 is 1.27 bits per heavy atom. The first kappa shape index (κ1) is 22.0. The zero-order valence-corrected chi connectivity index (χ0v) is 17.0. The number of hydrogen-bond acceptors (Lipinski definition) is 4. The highest BCUT2D eigenvalue weighted by molar-refractivity contribution is 7.89. The summed E-state index contributed by atoms with van der Waals surface area (Å²) >= 11 is 0. The zero-order valence-electron chi connectivity index (χ0n) is 16.2. The number of sulfonamides is 1. The van der Waals surface area contributed by atoms with Crippen molar-refractivity contribution in [3.8, 4) is 0 Å². The number of aryl methyl sites for hydroxylation is 1. The van der Waals surface area contributed by atoms with Gasteiger partial charge in [-0.2, -0.15) is 22.6 Å². The quantitative estimate of drug-likeness (QED) is 0.720. The van der Waals surface area contributed by atoms with Gasteiger partial charge in [-0.1, -0.05) is 12.5 Å². The summed E-state index contributed by atoms with van der Waals surface area (Å²) in [5.74, 6) is -0.793. The Kier molecular flexibility index (Phi) is 6.04. The van der Waals surface area contributed by atoms with Crippen LogP contribution in [0.4, 0.5) is 18.9 Å². The van der Waals surface area contributed by atoms with Crippen LogP contribution in [0.1, 0.15) is 35.4 Å². The van der Waals surface area contributed by atoms with E-state index >= 15 is 0 Å². The van der Waals surface area contributed by atoms with Crippen molar-refractivity contribution in [3.05, 3.63) is 54.4 Å². The van der Waals surface area contributed by atoms with Gasteiger partial charge in [0, 0.05) is 31.4 Å². The summed E-state index contributed by atoms with van der Waals surface area (Å²) in [6, 6.07) is 5.86. The number of anilines is 1. The summed E-state index contributed by atoms with van der Waals surface area (Å²) in [6.07, 6.45) is -0.639. The van der Waals surface area contributed by atoms with Crippen LogP contribution < -0.4 is 5.32 Å². The van der Waals surface area contributed by atoms with Crippen LogP contribution in [0.3, 0.4) is 0 Å². The van der Waals surface area contributed by atoms with Crippen LogP contribution in [0.5, 0.6) is 0 Å². The average Bonchev–Trinajstić information content (AvgIpc) is 3.10. The Hall–Kier alpha value is -2.66. The van der Waals surface area contributed by atoms with E-state index in [0.29, 0.717) is 19.0 Å². The summed E-state index contributed by atoms with van der Waals surface area (Å²) in [7, 11) is -2.50. The number of aromatic nitrogens is 2. The molecule has 1 aliphatic rings. The van der Waals surface area contributed by atoms with Crippen LogP contribution in [0.2, 0.25) is 0 Å². The minimum absolute atomic E-state index is 0.0640. The third-order valence-electron chi connectivity index (χ3n) is 4.89. The smallest absolute Gasteiger partial charge is 0.321 e. The summed E-state index contributed by atoms with van der Waals surface area (Å²) in [4.78, 5) is 12.4. The molecule has 162 valence electrons. The fourth-order valence-electron chi connectivity index (χ4n) is 3.32. The Balaban J connectivity index is 1.77. The number of amides is 1. The Morgan fingerprint density at radius 3 is 2.50 bits per heavy atom. The molecule has 1 atom stereocenters. The number of alkyl halides is 3. The van der Waals surface area contributed by atoms with Crippen molar-refractivity contribution in [1.29, 1.82) is 0 Å². The number of carbonyl (C=O) groups excluding carboxylic acids is 1. The van der Waals surface area contributed by atoms with Gasteiger partial charge in [0.1, 0.15) is 5.69 Å². The average molecular weight is 442 g/mol. The number of rotatable bonds is 5. The van der Waals surface area contributed by atoms with E-state index in [4.69, 9.17) is 0 Å². The van der Waals surface area contributed by atoms with Crippen molar-refractivity contribution in [1.82, 2.24) is 14.1 Å². The van der Waals surface area contributed by atoms with E-state index < -0.39 is 27.8 Å². The number of halogens is 3. The van der Waals surface area contributed by atoms with E-state index in [1.54, 1.807) is 6.08 Å². The lowest BCUT2D eigenvalue weighted by atomic mass is 10.1. The van der Waals surface area contributed by atoms with Gasteiger partial charge >= 0.3 is 6.18 Å². The van der Waals surface area contributed by atoms with Gasteiger partial charge in [-0.25, -0.2) is 8.42 Å². The van der Waals surface area contributed by atoms with E-state index in [-0.39, 0.29) is 22.3 Å². The van der Waals surface area contributed by atoms with Crippen molar-refractivity contribution in [2.24, 2.45) is 7.05 Å². The van der Waals surface area contributed by atoms with Crippen molar-refractivity contribution < 1.29 is 26.4 Å². The highest BCUT2D eigenvalue weighted by Crippen LogP contribution is 2.29.